The second-order valence-corrected chi connectivity index (χ2v) is 17.0. The van der Waals surface area contributed by atoms with Gasteiger partial charge in [-0.2, -0.15) is 0 Å². The van der Waals surface area contributed by atoms with E-state index >= 15 is 0 Å². The van der Waals surface area contributed by atoms with Gasteiger partial charge in [0, 0.05) is 5.56 Å². The van der Waals surface area contributed by atoms with Gasteiger partial charge in [0.15, 0.2) is 14.6 Å². The molecule has 6 heteroatoms. The molecule has 2 aromatic rings. The van der Waals surface area contributed by atoms with Crippen molar-refractivity contribution >= 4 is 8.32 Å². The van der Waals surface area contributed by atoms with Crippen molar-refractivity contribution in [2.75, 3.05) is 13.7 Å². The normalized spacial score (nSPS) is 21.6. The van der Waals surface area contributed by atoms with E-state index in [0.717, 1.165) is 30.6 Å². The molecule has 1 fully saturated rings. The fourth-order valence-corrected chi connectivity index (χ4v) is 6.77. The zero-order valence-electron chi connectivity index (χ0n) is 25.1. The number of hydrogen-bond donors (Lipinski definition) is 0. The third-order valence-electron chi connectivity index (χ3n) is 8.52. The number of ether oxygens (including phenoxy) is 4. The highest BCUT2D eigenvalue weighted by atomic mass is 28.4. The molecule has 1 unspecified atom stereocenters. The van der Waals surface area contributed by atoms with E-state index in [1.165, 1.54) is 5.56 Å². The maximum atomic E-state index is 7.35. The molecule has 2 aromatic carbocycles. The number of benzene rings is 2. The van der Waals surface area contributed by atoms with Crippen molar-refractivity contribution in [3.63, 3.8) is 0 Å². The molecule has 0 amide bonds. The van der Waals surface area contributed by atoms with Gasteiger partial charge in [-0.15, -0.1) is 0 Å². The lowest BCUT2D eigenvalue weighted by Gasteiger charge is -2.50. The number of rotatable bonds is 13. The van der Waals surface area contributed by atoms with E-state index in [9.17, 15) is 0 Å². The highest BCUT2D eigenvalue weighted by molar-refractivity contribution is 6.74. The Balaban J connectivity index is 1.81. The molecular formula is C32H50O5Si. The van der Waals surface area contributed by atoms with E-state index in [2.05, 4.69) is 78.9 Å². The third kappa shape index (κ3) is 7.48. The lowest BCUT2D eigenvalue weighted by Crippen LogP contribution is -2.56. The van der Waals surface area contributed by atoms with Crippen LogP contribution in [-0.4, -0.2) is 39.8 Å². The largest absolute Gasteiger partial charge is 0.497 e. The van der Waals surface area contributed by atoms with Crippen molar-refractivity contribution in [2.24, 2.45) is 5.92 Å². The Morgan fingerprint density at radius 1 is 1.00 bits per heavy atom. The van der Waals surface area contributed by atoms with Gasteiger partial charge >= 0.3 is 0 Å². The van der Waals surface area contributed by atoms with E-state index in [0.29, 0.717) is 13.2 Å². The van der Waals surface area contributed by atoms with Crippen molar-refractivity contribution < 1.29 is 23.4 Å². The molecule has 0 bridgehead atoms. The van der Waals surface area contributed by atoms with Crippen LogP contribution in [0.1, 0.15) is 78.2 Å². The molecule has 212 valence electrons. The molecule has 1 saturated heterocycles. The Morgan fingerprint density at radius 3 is 2.21 bits per heavy atom. The summed E-state index contributed by atoms with van der Waals surface area (Å²) in [5.74, 6) is 1.06. The molecule has 0 spiro atoms. The molecule has 0 aliphatic carbocycles. The van der Waals surface area contributed by atoms with E-state index in [-0.39, 0.29) is 29.5 Å². The Hall–Kier alpha value is -1.70. The average molecular weight is 543 g/mol. The van der Waals surface area contributed by atoms with Crippen molar-refractivity contribution in [2.45, 2.75) is 110 Å². The van der Waals surface area contributed by atoms with Gasteiger partial charge in [0.1, 0.15) is 5.75 Å². The van der Waals surface area contributed by atoms with Gasteiger partial charge < -0.3 is 23.4 Å². The second kappa shape index (κ2) is 13.1. The fourth-order valence-electron chi connectivity index (χ4n) is 5.09. The summed E-state index contributed by atoms with van der Waals surface area (Å²) in [6, 6.07) is 18.3. The zero-order valence-corrected chi connectivity index (χ0v) is 26.1. The van der Waals surface area contributed by atoms with Crippen LogP contribution in [0.3, 0.4) is 0 Å². The standard InChI is InChI=1S/C32H50O5Si/c1-10-29(34-22-25-15-13-12-14-16-25)32(11-2,37-38(8,9)31(4,5)6)21-24(3)28-23-35-30(36-28)26-17-19-27(33-7)20-18-26/h12-20,24,28-30H,10-11,21-23H2,1-9H3/t24-,28-,29+,30?,32-/m1/s1. The third-order valence-corrected chi connectivity index (χ3v) is 13.0. The molecular weight excluding hydrogens is 492 g/mol. The summed E-state index contributed by atoms with van der Waals surface area (Å²) in [5, 5.41) is 0.0980. The summed E-state index contributed by atoms with van der Waals surface area (Å²) in [4.78, 5) is 0. The summed E-state index contributed by atoms with van der Waals surface area (Å²) in [5.41, 5.74) is 1.79. The van der Waals surface area contributed by atoms with E-state index in [4.69, 9.17) is 23.4 Å². The first-order valence-electron chi connectivity index (χ1n) is 14.2. The van der Waals surface area contributed by atoms with Crippen molar-refractivity contribution in [1.82, 2.24) is 0 Å². The first-order chi connectivity index (χ1) is 17.9. The Kier molecular flexibility index (Phi) is 10.6. The van der Waals surface area contributed by atoms with Crippen LogP contribution in [0.4, 0.5) is 0 Å². The molecule has 1 aliphatic heterocycles. The average Bonchev–Trinajstić information content (AvgIpc) is 3.39. The molecule has 1 aliphatic rings. The van der Waals surface area contributed by atoms with Crippen LogP contribution in [0.2, 0.25) is 18.1 Å². The van der Waals surface area contributed by atoms with Gasteiger partial charge in [0.05, 0.1) is 38.1 Å². The SMILES string of the molecule is CC[C@H](OCc1ccccc1)[C@@](CC)(C[C@@H](C)[C@H]1COC(c2ccc(OC)cc2)O1)O[Si](C)(C)C(C)(C)C. The topological polar surface area (TPSA) is 46.2 Å². The van der Waals surface area contributed by atoms with Gasteiger partial charge in [-0.1, -0.05) is 84.0 Å². The number of methoxy groups -OCH3 is 1. The fraction of sp³-hybridized carbons (Fsp3) is 0.625. The molecule has 5 atom stereocenters. The quantitative estimate of drug-likeness (QED) is 0.238. The molecule has 5 nitrogen and oxygen atoms in total. The van der Waals surface area contributed by atoms with Crippen LogP contribution in [0.15, 0.2) is 54.6 Å². The summed E-state index contributed by atoms with van der Waals surface area (Å²) < 4.78 is 31.9. The van der Waals surface area contributed by atoms with E-state index in [1.54, 1.807) is 7.11 Å². The van der Waals surface area contributed by atoms with Crippen molar-refractivity contribution in [3.8, 4) is 5.75 Å². The smallest absolute Gasteiger partial charge is 0.192 e. The van der Waals surface area contributed by atoms with Gasteiger partial charge in [-0.05, 0) is 61.0 Å². The van der Waals surface area contributed by atoms with Crippen LogP contribution < -0.4 is 4.74 Å². The molecule has 0 radical (unpaired) electrons. The zero-order chi connectivity index (χ0) is 28.0. The molecule has 0 N–H and O–H groups in total. The molecule has 1 heterocycles. The Morgan fingerprint density at radius 2 is 1.66 bits per heavy atom. The van der Waals surface area contributed by atoms with Crippen LogP contribution in [0, 0.1) is 5.92 Å². The highest BCUT2D eigenvalue weighted by Crippen LogP contribution is 2.45. The van der Waals surface area contributed by atoms with Crippen LogP contribution in [0.5, 0.6) is 5.75 Å². The monoisotopic (exact) mass is 542 g/mol. The summed E-state index contributed by atoms with van der Waals surface area (Å²) >= 11 is 0. The van der Waals surface area contributed by atoms with Gasteiger partial charge in [-0.3, -0.25) is 0 Å². The Labute approximate surface area is 232 Å². The highest BCUT2D eigenvalue weighted by Gasteiger charge is 2.49. The van der Waals surface area contributed by atoms with Crippen LogP contribution in [-0.2, 0) is 25.2 Å². The van der Waals surface area contributed by atoms with Crippen molar-refractivity contribution in [1.29, 1.82) is 0 Å². The first kappa shape index (κ1) is 30.8. The summed E-state index contributed by atoms with van der Waals surface area (Å²) in [6.45, 7) is 19.5. The van der Waals surface area contributed by atoms with Gasteiger partial charge in [0.2, 0.25) is 0 Å². The predicted molar refractivity (Wildman–Crippen MR) is 157 cm³/mol. The molecule has 3 rings (SSSR count). The second-order valence-electron chi connectivity index (χ2n) is 12.3. The van der Waals surface area contributed by atoms with Gasteiger partial charge in [-0.25, -0.2) is 0 Å². The minimum absolute atomic E-state index is 0.0114. The first-order valence-corrected chi connectivity index (χ1v) is 17.1. The Bertz CT molecular complexity index is 972. The van der Waals surface area contributed by atoms with Crippen molar-refractivity contribution in [3.05, 3.63) is 65.7 Å². The summed E-state index contributed by atoms with van der Waals surface area (Å²) in [7, 11) is -0.419. The maximum absolute atomic E-state index is 7.35. The molecule has 38 heavy (non-hydrogen) atoms. The number of hydrogen-bond acceptors (Lipinski definition) is 5. The van der Waals surface area contributed by atoms with Crippen LogP contribution >= 0.6 is 0 Å². The lowest BCUT2D eigenvalue weighted by atomic mass is 9.81. The minimum Gasteiger partial charge on any atom is -0.497 e. The van der Waals surface area contributed by atoms with Crippen LogP contribution in [0.25, 0.3) is 0 Å². The van der Waals surface area contributed by atoms with E-state index < -0.39 is 13.9 Å². The molecule has 0 saturated carbocycles. The maximum Gasteiger partial charge on any atom is 0.192 e. The predicted octanol–water partition coefficient (Wildman–Crippen LogP) is 8.30. The van der Waals surface area contributed by atoms with Gasteiger partial charge in [0.25, 0.3) is 0 Å². The minimum atomic E-state index is -2.09. The molecule has 0 aromatic heterocycles. The lowest BCUT2D eigenvalue weighted by molar-refractivity contribution is -0.129. The summed E-state index contributed by atoms with van der Waals surface area (Å²) in [6.07, 6.45) is 2.23. The van der Waals surface area contributed by atoms with E-state index in [1.807, 2.05) is 30.3 Å².